The van der Waals surface area contributed by atoms with E-state index in [1.165, 1.54) is 38.5 Å². The molecule has 0 N–H and O–H groups in total. The number of rotatable bonds is 16. The summed E-state index contributed by atoms with van der Waals surface area (Å²) in [4.78, 5) is 16.3. The highest BCUT2D eigenvalue weighted by Crippen LogP contribution is 2.50. The van der Waals surface area contributed by atoms with Crippen LogP contribution in [0.25, 0.3) is 0 Å². The van der Waals surface area contributed by atoms with E-state index < -0.39 is 10.8 Å². The first-order chi connectivity index (χ1) is 23.0. The van der Waals surface area contributed by atoms with Crippen LogP contribution in [0, 0.1) is 0 Å². The Hall–Kier alpha value is -3.80. The maximum Gasteiger partial charge on any atom is 0.210 e. The molecule has 48 heavy (non-hydrogen) atoms. The lowest BCUT2D eigenvalue weighted by molar-refractivity contribution is -0.438. The quantitative estimate of drug-likeness (QED) is 0.103. The highest BCUT2D eigenvalue weighted by Gasteiger charge is 2.46. The summed E-state index contributed by atoms with van der Waals surface area (Å²) in [5.74, 6) is 1.28. The van der Waals surface area contributed by atoms with Crippen molar-refractivity contribution in [3.63, 3.8) is 0 Å². The third kappa shape index (κ3) is 6.60. The number of carbonyl (C=O) groups excluding carboxylic acids is 1. The molecule has 3 aliphatic rings. The average molecular weight is 653 g/mol. The molecule has 0 saturated carbocycles. The van der Waals surface area contributed by atoms with E-state index in [1.807, 2.05) is 24.3 Å². The van der Waals surface area contributed by atoms with Gasteiger partial charge in [0.2, 0.25) is 5.69 Å². The lowest BCUT2D eigenvalue weighted by Gasteiger charge is -2.33. The first-order valence-electron chi connectivity index (χ1n) is 18.2. The van der Waals surface area contributed by atoms with Crippen molar-refractivity contribution < 1.29 is 24.0 Å². The molecule has 258 valence electrons. The smallest absolute Gasteiger partial charge is 0.210 e. The largest absolute Gasteiger partial charge is 0.871 e. The molecule has 0 radical (unpaired) electrons. The van der Waals surface area contributed by atoms with E-state index in [1.54, 1.807) is 14.2 Å². The minimum absolute atomic E-state index is 0.167. The van der Waals surface area contributed by atoms with Gasteiger partial charge in [-0.2, -0.15) is 4.58 Å². The van der Waals surface area contributed by atoms with Gasteiger partial charge in [-0.15, -0.1) is 0 Å². The lowest BCUT2D eigenvalue weighted by atomic mass is 9.77. The highest BCUT2D eigenvalue weighted by molar-refractivity contribution is 6.24. The number of ether oxygens (including phenoxy) is 2. The molecule has 2 aromatic carbocycles. The van der Waals surface area contributed by atoms with Gasteiger partial charge < -0.3 is 19.5 Å². The summed E-state index contributed by atoms with van der Waals surface area (Å²) in [5, 5.41) is 13.9. The van der Waals surface area contributed by atoms with E-state index in [0.717, 1.165) is 84.2 Å². The Labute approximate surface area is 288 Å². The van der Waals surface area contributed by atoms with Crippen LogP contribution in [0.3, 0.4) is 0 Å². The summed E-state index contributed by atoms with van der Waals surface area (Å²) < 4.78 is 13.5. The highest BCUT2D eigenvalue weighted by atomic mass is 16.5. The van der Waals surface area contributed by atoms with E-state index in [2.05, 4.69) is 75.3 Å². The molecule has 0 bridgehead atoms. The molecule has 0 spiro atoms. The number of carbonyl (C=O) groups is 1. The minimum atomic E-state index is -0.391. The predicted octanol–water partition coefficient (Wildman–Crippen LogP) is 8.83. The molecule has 0 amide bonds. The molecule has 0 fully saturated rings. The molecular weight excluding hydrogens is 596 g/mol. The van der Waals surface area contributed by atoms with Crippen molar-refractivity contribution in [2.24, 2.45) is 0 Å². The fraction of sp³-hybridized carbons (Fsp3) is 0.524. The van der Waals surface area contributed by atoms with E-state index in [0.29, 0.717) is 0 Å². The molecule has 0 atom stereocenters. The molecule has 2 aromatic rings. The number of fused-ring (bicyclic) bond motifs is 2. The van der Waals surface area contributed by atoms with Crippen molar-refractivity contribution >= 4 is 22.9 Å². The number of unbranched alkanes of at least 4 members (excludes halogenated alkanes) is 8. The molecule has 6 nitrogen and oxygen atoms in total. The maximum absolute atomic E-state index is 13.9. The number of Topliss-reactive ketones (excluding diaryl/α,β-unsaturated/α-hetero) is 1. The SMILES string of the molecule is CCCCCCCN1/C(=C/C2=C([O-])C(=C\C3=[N+](CCCCCCC)c4ccc(OC)cc4C3(C)C)/C2=O)C(C)(C)c2cc(OC)ccc21. The van der Waals surface area contributed by atoms with Crippen molar-refractivity contribution in [2.75, 3.05) is 32.2 Å². The maximum atomic E-state index is 13.9. The summed E-state index contributed by atoms with van der Waals surface area (Å²) >= 11 is 0. The predicted molar refractivity (Wildman–Crippen MR) is 195 cm³/mol. The fourth-order valence-electron chi connectivity index (χ4n) is 7.68. The second-order valence-corrected chi connectivity index (χ2v) is 14.7. The van der Waals surface area contributed by atoms with Crippen LogP contribution in [0.2, 0.25) is 0 Å². The van der Waals surface area contributed by atoms with Gasteiger partial charge in [0.1, 0.15) is 18.0 Å². The number of ketones is 1. The van der Waals surface area contributed by atoms with Crippen molar-refractivity contribution in [1.82, 2.24) is 0 Å². The summed E-state index contributed by atoms with van der Waals surface area (Å²) in [5.41, 5.74) is 6.34. The summed E-state index contributed by atoms with van der Waals surface area (Å²) in [7, 11) is 3.38. The van der Waals surface area contributed by atoms with Crippen LogP contribution in [-0.2, 0) is 15.6 Å². The Morgan fingerprint density at radius 3 is 2.00 bits per heavy atom. The molecular formula is C42H56N2O4. The van der Waals surface area contributed by atoms with Gasteiger partial charge in [0.05, 0.1) is 19.6 Å². The number of allylic oxidation sites excluding steroid dienone is 5. The van der Waals surface area contributed by atoms with E-state index in [9.17, 15) is 9.90 Å². The van der Waals surface area contributed by atoms with Crippen molar-refractivity contribution in [1.29, 1.82) is 0 Å². The normalized spacial score (nSPS) is 19.3. The Kier molecular flexibility index (Phi) is 10.9. The number of nitrogens with zero attached hydrogens (tertiary/aromatic N) is 2. The van der Waals surface area contributed by atoms with Crippen LogP contribution >= 0.6 is 0 Å². The first kappa shape index (κ1) is 35.5. The van der Waals surface area contributed by atoms with Crippen molar-refractivity contribution in [2.45, 2.75) is 117 Å². The number of anilines is 1. The van der Waals surface area contributed by atoms with Gasteiger partial charge in [0.15, 0.2) is 11.5 Å². The zero-order chi connectivity index (χ0) is 34.6. The third-order valence-electron chi connectivity index (χ3n) is 10.7. The number of benzene rings is 2. The summed E-state index contributed by atoms with van der Waals surface area (Å²) in [6.45, 7) is 14.9. The zero-order valence-electron chi connectivity index (χ0n) is 30.6. The van der Waals surface area contributed by atoms with Crippen LogP contribution in [0.15, 0.2) is 71.2 Å². The van der Waals surface area contributed by atoms with Crippen molar-refractivity contribution in [3.8, 4) is 11.5 Å². The van der Waals surface area contributed by atoms with E-state index in [4.69, 9.17) is 9.47 Å². The van der Waals surface area contributed by atoms with Gasteiger partial charge in [-0.25, -0.2) is 0 Å². The van der Waals surface area contributed by atoms with Crippen LogP contribution < -0.4 is 19.5 Å². The van der Waals surface area contributed by atoms with Gasteiger partial charge in [-0.1, -0.05) is 78.4 Å². The number of hydrogen-bond donors (Lipinski definition) is 0. The molecule has 2 aliphatic heterocycles. The van der Waals surface area contributed by atoms with Crippen LogP contribution in [0.1, 0.15) is 117 Å². The van der Waals surface area contributed by atoms with Gasteiger partial charge >= 0.3 is 0 Å². The first-order valence-corrected chi connectivity index (χ1v) is 18.2. The van der Waals surface area contributed by atoms with E-state index in [-0.39, 0.29) is 22.7 Å². The molecule has 5 rings (SSSR count). The second-order valence-electron chi connectivity index (χ2n) is 14.7. The Balaban J connectivity index is 1.51. The van der Waals surface area contributed by atoms with Crippen LogP contribution in [0.5, 0.6) is 11.5 Å². The second kappa shape index (κ2) is 14.8. The Bertz CT molecular complexity index is 1660. The third-order valence-corrected chi connectivity index (χ3v) is 10.7. The zero-order valence-corrected chi connectivity index (χ0v) is 30.6. The molecule has 0 aromatic heterocycles. The summed E-state index contributed by atoms with van der Waals surface area (Å²) in [6, 6.07) is 12.4. The monoisotopic (exact) mass is 652 g/mol. The van der Waals surface area contributed by atoms with Crippen LogP contribution in [0.4, 0.5) is 11.4 Å². The molecule has 1 aliphatic carbocycles. The molecule has 2 heterocycles. The topological polar surface area (TPSA) is 64.8 Å². The number of methoxy groups -OCH3 is 2. The van der Waals surface area contributed by atoms with Crippen LogP contribution in [-0.4, -0.2) is 43.4 Å². The Morgan fingerprint density at radius 2 is 1.38 bits per heavy atom. The average Bonchev–Trinajstić information content (AvgIpc) is 3.42. The number of hydrogen-bond acceptors (Lipinski definition) is 5. The lowest BCUT2D eigenvalue weighted by Crippen LogP contribution is -2.35. The van der Waals surface area contributed by atoms with Gasteiger partial charge in [-0.3, -0.25) is 4.79 Å². The summed E-state index contributed by atoms with van der Waals surface area (Å²) in [6.07, 6.45) is 15.5. The van der Waals surface area contributed by atoms with Gasteiger partial charge in [-0.05, 0) is 68.7 Å². The standard InChI is InChI=1S/C42H56N2O4/c1-9-11-13-15-17-23-43-35-21-19-29(47-7)25-33(35)41(3,4)37(43)27-31-39(45)32(40(31)46)28-38-42(5,6)34-26-30(48-8)20-22-36(34)44(38)24-18-16-14-12-10-2/h19-22,25-28H,9-18,23-24H2,1-8H3. The van der Waals surface area contributed by atoms with E-state index >= 15 is 0 Å². The van der Waals surface area contributed by atoms with Gasteiger partial charge in [0, 0.05) is 58.6 Å². The Morgan fingerprint density at radius 1 is 0.771 bits per heavy atom. The fourth-order valence-corrected chi connectivity index (χ4v) is 7.68. The molecule has 0 saturated heterocycles. The minimum Gasteiger partial charge on any atom is -0.871 e. The van der Waals surface area contributed by atoms with Gasteiger partial charge in [0.25, 0.3) is 0 Å². The molecule has 6 heteroatoms. The van der Waals surface area contributed by atoms with Crippen molar-refractivity contribution in [3.05, 3.63) is 82.3 Å². The molecule has 0 unspecified atom stereocenters.